The second-order valence-corrected chi connectivity index (χ2v) is 7.30. The minimum absolute atomic E-state index is 0.0624. The van der Waals surface area contributed by atoms with E-state index in [1.54, 1.807) is 21.3 Å². The molecular formula is C23H20FN7. The van der Waals surface area contributed by atoms with E-state index in [1.807, 2.05) is 49.5 Å². The standard InChI is InChI=1S/C23H20FN7/c1-15(20-13-26-30(16(20)2)19-10-8-18(24)9-11-19)28-22-12-21(17-6-4-3-5-7-17)29-23-25-14-27-31(22)23/h3-15,28H,1-2H3. The molecule has 3 aromatic heterocycles. The first-order chi connectivity index (χ1) is 15.1. The van der Waals surface area contributed by atoms with Crippen molar-refractivity contribution in [2.24, 2.45) is 0 Å². The Kier molecular flexibility index (Phi) is 4.66. The highest BCUT2D eigenvalue weighted by atomic mass is 19.1. The van der Waals surface area contributed by atoms with Crippen molar-refractivity contribution in [3.05, 3.63) is 90.3 Å². The monoisotopic (exact) mass is 413 g/mol. The van der Waals surface area contributed by atoms with Crippen molar-refractivity contribution < 1.29 is 4.39 Å². The zero-order chi connectivity index (χ0) is 21.4. The molecule has 0 fully saturated rings. The lowest BCUT2D eigenvalue weighted by Gasteiger charge is -2.17. The number of aromatic nitrogens is 6. The summed E-state index contributed by atoms with van der Waals surface area (Å²) in [5.41, 5.74) is 4.62. The topological polar surface area (TPSA) is 72.9 Å². The van der Waals surface area contributed by atoms with Crippen LogP contribution in [0.5, 0.6) is 0 Å². The van der Waals surface area contributed by atoms with Crippen LogP contribution in [-0.4, -0.2) is 29.4 Å². The van der Waals surface area contributed by atoms with Gasteiger partial charge in [0.15, 0.2) is 0 Å². The second kappa shape index (κ2) is 7.64. The predicted octanol–water partition coefficient (Wildman–Crippen LogP) is 4.60. The number of benzene rings is 2. The van der Waals surface area contributed by atoms with E-state index in [-0.39, 0.29) is 11.9 Å². The van der Waals surface area contributed by atoms with Gasteiger partial charge in [0.2, 0.25) is 0 Å². The molecule has 0 amide bonds. The fourth-order valence-electron chi connectivity index (χ4n) is 3.66. The van der Waals surface area contributed by atoms with Crippen LogP contribution in [0.25, 0.3) is 22.7 Å². The molecule has 7 nitrogen and oxygen atoms in total. The van der Waals surface area contributed by atoms with E-state index in [1.165, 1.54) is 18.5 Å². The van der Waals surface area contributed by atoms with Crippen LogP contribution in [0.3, 0.4) is 0 Å². The van der Waals surface area contributed by atoms with Crippen LogP contribution in [0, 0.1) is 12.7 Å². The Labute approximate surface area is 178 Å². The maximum Gasteiger partial charge on any atom is 0.254 e. The Morgan fingerprint density at radius 3 is 2.55 bits per heavy atom. The summed E-state index contributed by atoms with van der Waals surface area (Å²) in [6, 6.07) is 18.2. The molecule has 0 bridgehead atoms. The van der Waals surface area contributed by atoms with E-state index >= 15 is 0 Å². The highest BCUT2D eigenvalue weighted by molar-refractivity contribution is 5.65. The van der Waals surface area contributed by atoms with Crippen molar-refractivity contribution in [2.75, 3.05) is 5.32 Å². The zero-order valence-electron chi connectivity index (χ0n) is 17.1. The van der Waals surface area contributed by atoms with Gasteiger partial charge >= 0.3 is 0 Å². The van der Waals surface area contributed by atoms with Crippen LogP contribution >= 0.6 is 0 Å². The van der Waals surface area contributed by atoms with Gasteiger partial charge in [0.05, 0.1) is 23.6 Å². The summed E-state index contributed by atoms with van der Waals surface area (Å²) in [6.07, 6.45) is 3.32. The molecule has 5 aromatic rings. The average Bonchev–Trinajstić information content (AvgIpc) is 3.42. The molecule has 31 heavy (non-hydrogen) atoms. The third-order valence-electron chi connectivity index (χ3n) is 5.27. The van der Waals surface area contributed by atoms with Gasteiger partial charge in [-0.15, -0.1) is 0 Å². The predicted molar refractivity (Wildman–Crippen MR) is 117 cm³/mol. The third kappa shape index (κ3) is 3.52. The van der Waals surface area contributed by atoms with Gasteiger partial charge in [0, 0.05) is 22.9 Å². The number of hydrogen-bond acceptors (Lipinski definition) is 5. The molecule has 8 heteroatoms. The summed E-state index contributed by atoms with van der Waals surface area (Å²) in [6.45, 7) is 4.06. The molecule has 1 N–H and O–H groups in total. The number of fused-ring (bicyclic) bond motifs is 1. The van der Waals surface area contributed by atoms with Gasteiger partial charge in [0.1, 0.15) is 18.0 Å². The van der Waals surface area contributed by atoms with Crippen LogP contribution in [-0.2, 0) is 0 Å². The number of rotatable bonds is 5. The molecule has 1 atom stereocenters. The summed E-state index contributed by atoms with van der Waals surface area (Å²) < 4.78 is 16.8. The molecular weight excluding hydrogens is 393 g/mol. The van der Waals surface area contributed by atoms with Gasteiger partial charge in [-0.3, -0.25) is 0 Å². The molecule has 0 aliphatic rings. The smallest absolute Gasteiger partial charge is 0.254 e. The van der Waals surface area contributed by atoms with Crippen LogP contribution in [0.15, 0.2) is 73.2 Å². The largest absolute Gasteiger partial charge is 0.363 e. The van der Waals surface area contributed by atoms with Gasteiger partial charge < -0.3 is 5.32 Å². The van der Waals surface area contributed by atoms with Gasteiger partial charge in [0.25, 0.3) is 5.78 Å². The molecule has 0 radical (unpaired) electrons. The molecule has 154 valence electrons. The normalized spacial score (nSPS) is 12.2. The average molecular weight is 413 g/mol. The summed E-state index contributed by atoms with van der Waals surface area (Å²) in [7, 11) is 0. The Morgan fingerprint density at radius 2 is 1.77 bits per heavy atom. The van der Waals surface area contributed by atoms with Gasteiger partial charge in [-0.2, -0.15) is 19.7 Å². The fourth-order valence-corrected chi connectivity index (χ4v) is 3.66. The highest BCUT2D eigenvalue weighted by Gasteiger charge is 2.17. The lowest BCUT2D eigenvalue weighted by Crippen LogP contribution is -2.12. The molecule has 0 saturated heterocycles. The molecule has 0 saturated carbocycles. The first-order valence-electron chi connectivity index (χ1n) is 9.93. The maximum absolute atomic E-state index is 13.3. The second-order valence-electron chi connectivity index (χ2n) is 7.30. The molecule has 2 aromatic carbocycles. The first kappa shape index (κ1) is 18.9. The van der Waals surface area contributed by atoms with Crippen molar-refractivity contribution in [2.45, 2.75) is 19.9 Å². The van der Waals surface area contributed by atoms with Crippen LogP contribution in [0.1, 0.15) is 24.2 Å². The van der Waals surface area contributed by atoms with E-state index in [2.05, 4.69) is 32.4 Å². The molecule has 0 spiro atoms. The minimum Gasteiger partial charge on any atom is -0.363 e. The van der Waals surface area contributed by atoms with Gasteiger partial charge in [-0.05, 0) is 38.1 Å². The van der Waals surface area contributed by atoms with Crippen molar-refractivity contribution >= 4 is 11.6 Å². The van der Waals surface area contributed by atoms with Crippen molar-refractivity contribution in [3.8, 4) is 16.9 Å². The van der Waals surface area contributed by atoms with Crippen molar-refractivity contribution in [1.82, 2.24) is 29.4 Å². The summed E-state index contributed by atoms with van der Waals surface area (Å²) in [4.78, 5) is 8.88. The number of hydrogen-bond donors (Lipinski definition) is 1. The van der Waals surface area contributed by atoms with Gasteiger partial charge in [-0.25, -0.2) is 14.1 Å². The SMILES string of the molecule is Cc1c(C(C)Nc2cc(-c3ccccc3)nc3ncnn23)cnn1-c1ccc(F)cc1. The molecule has 0 aliphatic carbocycles. The Balaban J connectivity index is 1.49. The van der Waals surface area contributed by atoms with Crippen LogP contribution in [0.2, 0.25) is 0 Å². The van der Waals surface area contributed by atoms with Crippen molar-refractivity contribution in [1.29, 1.82) is 0 Å². The fraction of sp³-hybridized carbons (Fsp3) is 0.130. The van der Waals surface area contributed by atoms with E-state index in [0.29, 0.717) is 5.78 Å². The Morgan fingerprint density at radius 1 is 1.00 bits per heavy atom. The number of nitrogens with zero attached hydrogens (tertiary/aromatic N) is 6. The third-order valence-corrected chi connectivity index (χ3v) is 5.27. The summed E-state index contributed by atoms with van der Waals surface area (Å²) in [5.74, 6) is 1.03. The quantitative estimate of drug-likeness (QED) is 0.456. The lowest BCUT2D eigenvalue weighted by molar-refractivity contribution is 0.627. The van der Waals surface area contributed by atoms with E-state index in [4.69, 9.17) is 0 Å². The van der Waals surface area contributed by atoms with E-state index in [0.717, 1.165) is 34.0 Å². The number of nitrogens with one attached hydrogen (secondary N) is 1. The molecule has 3 heterocycles. The molecule has 0 aliphatic heterocycles. The lowest BCUT2D eigenvalue weighted by atomic mass is 10.1. The molecule has 1 unspecified atom stereocenters. The first-order valence-corrected chi connectivity index (χ1v) is 9.93. The Bertz CT molecular complexity index is 1340. The highest BCUT2D eigenvalue weighted by Crippen LogP contribution is 2.26. The summed E-state index contributed by atoms with van der Waals surface area (Å²) >= 11 is 0. The number of anilines is 1. The van der Waals surface area contributed by atoms with Crippen molar-refractivity contribution in [3.63, 3.8) is 0 Å². The van der Waals surface area contributed by atoms with Gasteiger partial charge in [-0.1, -0.05) is 30.3 Å². The molecule has 5 rings (SSSR count). The Hall–Kier alpha value is -4.07. The summed E-state index contributed by atoms with van der Waals surface area (Å²) in [5, 5.41) is 12.3. The number of halogens is 1. The zero-order valence-corrected chi connectivity index (χ0v) is 17.1. The van der Waals surface area contributed by atoms with Crippen LogP contribution in [0.4, 0.5) is 10.2 Å². The van der Waals surface area contributed by atoms with E-state index in [9.17, 15) is 4.39 Å². The van der Waals surface area contributed by atoms with E-state index < -0.39 is 0 Å². The maximum atomic E-state index is 13.3. The van der Waals surface area contributed by atoms with Crippen LogP contribution < -0.4 is 5.32 Å². The minimum atomic E-state index is -0.271.